The van der Waals surface area contributed by atoms with E-state index in [1.807, 2.05) is 12.1 Å². The maximum atomic E-state index is 14.0. The van der Waals surface area contributed by atoms with Crippen LogP contribution in [0.4, 0.5) is 15.8 Å². The van der Waals surface area contributed by atoms with Crippen molar-refractivity contribution in [1.82, 2.24) is 4.31 Å². The molecule has 0 saturated carbocycles. The van der Waals surface area contributed by atoms with Gasteiger partial charge in [-0.05, 0) is 55.7 Å². The molecule has 2 aliphatic rings. The number of anilines is 2. The number of nitrogens with zero attached hydrogens (tertiary/aromatic N) is 2. The van der Waals surface area contributed by atoms with Gasteiger partial charge in [0.25, 0.3) is 0 Å². The summed E-state index contributed by atoms with van der Waals surface area (Å²) in [6.45, 7) is 1.07. The molecule has 10 heteroatoms. The molecule has 0 spiro atoms. The van der Waals surface area contributed by atoms with Gasteiger partial charge in [0, 0.05) is 53.9 Å². The monoisotopic (exact) mass is 493 g/mol. The fourth-order valence-electron chi connectivity index (χ4n) is 4.23. The number of sulfonamides is 1. The van der Waals surface area contributed by atoms with Gasteiger partial charge in [-0.25, -0.2) is 17.1 Å². The van der Waals surface area contributed by atoms with Crippen LogP contribution in [0.15, 0.2) is 42.5 Å². The molecular formula is C23H25ClFN3O4S. The summed E-state index contributed by atoms with van der Waals surface area (Å²) in [5, 5.41) is 2.95. The van der Waals surface area contributed by atoms with Crippen molar-refractivity contribution in [2.45, 2.75) is 31.4 Å². The zero-order valence-corrected chi connectivity index (χ0v) is 19.5. The molecule has 0 bridgehead atoms. The molecule has 0 radical (unpaired) electrons. The van der Waals surface area contributed by atoms with Gasteiger partial charge >= 0.3 is 0 Å². The Morgan fingerprint density at radius 1 is 1.09 bits per heavy atom. The Bertz CT molecular complexity index is 1130. The van der Waals surface area contributed by atoms with Crippen LogP contribution in [-0.4, -0.2) is 44.2 Å². The SMILES string of the molecule is O=C(Nc1ccc(N2CCCC2=O)cc1)C1CCN(S(=O)(=O)Cc2c(F)cccc2Cl)CC1. The summed E-state index contributed by atoms with van der Waals surface area (Å²) in [6, 6.07) is 11.2. The number of carbonyl (C=O) groups excluding carboxylic acids is 2. The first kappa shape index (κ1) is 23.7. The van der Waals surface area contributed by atoms with Crippen LogP contribution in [0.1, 0.15) is 31.2 Å². The molecule has 0 atom stereocenters. The second kappa shape index (κ2) is 9.79. The minimum atomic E-state index is -3.76. The number of nitrogens with one attached hydrogen (secondary N) is 1. The fraction of sp³-hybridized carbons (Fsp3) is 0.391. The number of hydrogen-bond donors (Lipinski definition) is 1. The highest BCUT2D eigenvalue weighted by Gasteiger charge is 2.32. The molecule has 2 amide bonds. The van der Waals surface area contributed by atoms with Gasteiger partial charge in [-0.15, -0.1) is 0 Å². The van der Waals surface area contributed by atoms with E-state index in [1.165, 1.54) is 22.5 Å². The van der Waals surface area contributed by atoms with E-state index in [2.05, 4.69) is 5.32 Å². The minimum absolute atomic E-state index is 0.0434. The van der Waals surface area contributed by atoms with E-state index < -0.39 is 21.6 Å². The molecule has 2 aliphatic heterocycles. The summed E-state index contributed by atoms with van der Waals surface area (Å²) in [7, 11) is -3.76. The predicted octanol–water partition coefficient (Wildman–Crippen LogP) is 3.79. The van der Waals surface area contributed by atoms with Crippen LogP contribution in [0.25, 0.3) is 0 Å². The number of halogens is 2. The summed E-state index contributed by atoms with van der Waals surface area (Å²) >= 11 is 5.97. The Morgan fingerprint density at radius 3 is 2.39 bits per heavy atom. The van der Waals surface area contributed by atoms with Gasteiger partial charge in [0.2, 0.25) is 21.8 Å². The molecule has 1 N–H and O–H groups in total. The lowest BCUT2D eigenvalue weighted by atomic mass is 9.97. The highest BCUT2D eigenvalue weighted by Crippen LogP contribution is 2.27. The molecule has 0 unspecified atom stereocenters. The second-order valence-corrected chi connectivity index (χ2v) is 10.7. The molecule has 0 aliphatic carbocycles. The topological polar surface area (TPSA) is 86.8 Å². The molecular weight excluding hydrogens is 469 g/mol. The van der Waals surface area contributed by atoms with Gasteiger partial charge in [-0.2, -0.15) is 0 Å². The maximum absolute atomic E-state index is 14.0. The predicted molar refractivity (Wildman–Crippen MR) is 125 cm³/mol. The van der Waals surface area contributed by atoms with Crippen molar-refractivity contribution in [3.63, 3.8) is 0 Å². The average molecular weight is 494 g/mol. The van der Waals surface area contributed by atoms with E-state index >= 15 is 0 Å². The molecule has 2 aromatic rings. The van der Waals surface area contributed by atoms with Crippen molar-refractivity contribution in [2.75, 3.05) is 29.9 Å². The van der Waals surface area contributed by atoms with Gasteiger partial charge in [-0.3, -0.25) is 9.59 Å². The number of carbonyl (C=O) groups is 2. The summed E-state index contributed by atoms with van der Waals surface area (Å²) in [4.78, 5) is 26.3. The Labute approximate surface area is 197 Å². The van der Waals surface area contributed by atoms with E-state index in [4.69, 9.17) is 11.6 Å². The van der Waals surface area contributed by atoms with E-state index in [0.717, 1.165) is 12.1 Å². The molecule has 2 heterocycles. The molecule has 7 nitrogen and oxygen atoms in total. The highest BCUT2D eigenvalue weighted by molar-refractivity contribution is 7.88. The van der Waals surface area contributed by atoms with E-state index in [0.29, 0.717) is 31.5 Å². The van der Waals surface area contributed by atoms with Crippen LogP contribution in [0.5, 0.6) is 0 Å². The van der Waals surface area contributed by atoms with Crippen molar-refractivity contribution in [3.05, 3.63) is 58.9 Å². The number of hydrogen-bond acceptors (Lipinski definition) is 4. The van der Waals surface area contributed by atoms with Gasteiger partial charge < -0.3 is 10.2 Å². The Kier molecular flexibility index (Phi) is 7.02. The first-order valence-corrected chi connectivity index (χ1v) is 12.9. The average Bonchev–Trinajstić information content (AvgIpc) is 3.23. The molecule has 2 saturated heterocycles. The largest absolute Gasteiger partial charge is 0.326 e. The molecule has 2 aromatic carbocycles. The molecule has 2 fully saturated rings. The van der Waals surface area contributed by atoms with Crippen molar-refractivity contribution >= 4 is 44.8 Å². The van der Waals surface area contributed by atoms with Crippen LogP contribution in [0.3, 0.4) is 0 Å². The lowest BCUT2D eigenvalue weighted by molar-refractivity contribution is -0.121. The van der Waals surface area contributed by atoms with Crippen LogP contribution in [0.2, 0.25) is 5.02 Å². The maximum Gasteiger partial charge on any atom is 0.227 e. The second-order valence-electron chi connectivity index (χ2n) is 8.31. The van der Waals surface area contributed by atoms with E-state index in [9.17, 15) is 22.4 Å². The first-order valence-electron chi connectivity index (χ1n) is 10.9. The van der Waals surface area contributed by atoms with Crippen LogP contribution in [-0.2, 0) is 25.4 Å². The summed E-state index contributed by atoms with van der Waals surface area (Å²) in [5.41, 5.74) is 1.39. The Hall–Kier alpha value is -2.49. The van der Waals surface area contributed by atoms with Crippen LogP contribution < -0.4 is 10.2 Å². The smallest absolute Gasteiger partial charge is 0.227 e. The number of benzene rings is 2. The quantitative estimate of drug-likeness (QED) is 0.663. The normalized spacial score (nSPS) is 18.0. The lowest BCUT2D eigenvalue weighted by Crippen LogP contribution is -2.42. The number of amides is 2. The summed E-state index contributed by atoms with van der Waals surface area (Å²) in [5.74, 6) is -1.56. The number of rotatable bonds is 6. The molecule has 4 rings (SSSR count). The third-order valence-corrected chi connectivity index (χ3v) is 8.29. The molecule has 176 valence electrons. The summed E-state index contributed by atoms with van der Waals surface area (Å²) in [6.07, 6.45) is 2.15. The van der Waals surface area contributed by atoms with Crippen molar-refractivity contribution in [1.29, 1.82) is 0 Å². The van der Waals surface area contributed by atoms with Gasteiger partial charge in [0.1, 0.15) is 5.82 Å². The highest BCUT2D eigenvalue weighted by atomic mass is 35.5. The third kappa shape index (κ3) is 5.37. The fourth-order valence-corrected chi connectivity index (χ4v) is 6.15. The molecule has 0 aromatic heterocycles. The van der Waals surface area contributed by atoms with E-state index in [1.54, 1.807) is 17.0 Å². The van der Waals surface area contributed by atoms with Crippen LogP contribution in [0, 0.1) is 11.7 Å². The van der Waals surface area contributed by atoms with E-state index in [-0.39, 0.29) is 41.4 Å². The van der Waals surface area contributed by atoms with Crippen molar-refractivity contribution in [2.24, 2.45) is 5.92 Å². The standard InChI is InChI=1S/C23H25ClFN3O4S/c24-20-3-1-4-21(25)19(20)15-33(31,32)27-13-10-16(11-14-27)23(30)26-17-6-8-18(9-7-17)28-12-2-5-22(28)29/h1,3-4,6-9,16H,2,5,10-15H2,(H,26,30). The van der Waals surface area contributed by atoms with Gasteiger partial charge in [-0.1, -0.05) is 17.7 Å². The molecule has 33 heavy (non-hydrogen) atoms. The zero-order valence-electron chi connectivity index (χ0n) is 18.0. The lowest BCUT2D eigenvalue weighted by Gasteiger charge is -2.30. The number of piperidine rings is 1. The Morgan fingerprint density at radius 2 is 1.79 bits per heavy atom. The summed E-state index contributed by atoms with van der Waals surface area (Å²) < 4.78 is 40.8. The Balaban J connectivity index is 1.32. The van der Waals surface area contributed by atoms with Crippen molar-refractivity contribution in [3.8, 4) is 0 Å². The van der Waals surface area contributed by atoms with Crippen molar-refractivity contribution < 1.29 is 22.4 Å². The van der Waals surface area contributed by atoms with Gasteiger partial charge in [0.15, 0.2) is 0 Å². The zero-order chi connectivity index (χ0) is 23.6. The first-order chi connectivity index (χ1) is 15.7. The van der Waals surface area contributed by atoms with Crippen LogP contribution >= 0.6 is 11.6 Å². The van der Waals surface area contributed by atoms with Gasteiger partial charge in [0.05, 0.1) is 5.75 Å². The third-order valence-electron chi connectivity index (χ3n) is 6.13. The minimum Gasteiger partial charge on any atom is -0.326 e.